The van der Waals surface area contributed by atoms with Crippen molar-refractivity contribution < 1.29 is 26.7 Å². The summed E-state index contributed by atoms with van der Waals surface area (Å²) in [6.07, 6.45) is 4.27. The first-order chi connectivity index (χ1) is 24.8. The molecule has 0 saturated carbocycles. The van der Waals surface area contributed by atoms with E-state index in [4.69, 9.17) is 10.6 Å². The van der Waals surface area contributed by atoms with Gasteiger partial charge in [-0.15, -0.1) is 11.4 Å². The molecule has 0 aliphatic carbocycles. The predicted molar refractivity (Wildman–Crippen MR) is 236 cm³/mol. The van der Waals surface area contributed by atoms with Gasteiger partial charge in [0.05, 0.1) is 0 Å². The van der Waals surface area contributed by atoms with E-state index < -0.39 is 0 Å². The standard InChI is InChI=1S/2C25H36NO.Ni/c2*1-17(2)13-14-18-11-9-10-12-21(18)26-22-16-19(24(3,4)5)15-20(23(22)27)25(6,7)8;/h2*9-12,15-17,27H,13-14H2,1-8H3;/q2*-1;+2. The van der Waals surface area contributed by atoms with Crippen LogP contribution in [-0.4, -0.2) is 10.2 Å². The van der Waals surface area contributed by atoms with Crippen molar-refractivity contribution in [3.8, 4) is 11.5 Å². The van der Waals surface area contributed by atoms with Gasteiger partial charge < -0.3 is 20.8 Å². The van der Waals surface area contributed by atoms with Gasteiger partial charge in [-0.25, -0.2) is 0 Å². The second-order valence-corrected chi connectivity index (χ2v) is 20.1. The van der Waals surface area contributed by atoms with Crippen molar-refractivity contribution in [1.29, 1.82) is 0 Å². The Labute approximate surface area is 346 Å². The van der Waals surface area contributed by atoms with E-state index in [0.29, 0.717) is 34.7 Å². The molecule has 0 aliphatic heterocycles. The summed E-state index contributed by atoms with van der Waals surface area (Å²) in [7, 11) is 0. The van der Waals surface area contributed by atoms with Crippen molar-refractivity contribution in [3.05, 3.63) is 117 Å². The first-order valence-electron chi connectivity index (χ1n) is 20.1. The zero-order valence-electron chi connectivity index (χ0n) is 37.0. The Bertz CT molecular complexity index is 1690. The van der Waals surface area contributed by atoms with Crippen LogP contribution in [0.4, 0.5) is 22.7 Å². The van der Waals surface area contributed by atoms with Gasteiger partial charge in [-0.05, 0) is 81.4 Å². The van der Waals surface area contributed by atoms with E-state index in [1.165, 1.54) is 22.3 Å². The maximum Gasteiger partial charge on any atom is 2.00 e. The molecule has 4 aromatic carbocycles. The number of benzene rings is 4. The molecule has 5 heteroatoms. The second-order valence-electron chi connectivity index (χ2n) is 20.1. The third kappa shape index (κ3) is 13.9. The monoisotopic (exact) mass is 790 g/mol. The molecule has 0 amide bonds. The number of phenols is 2. The van der Waals surface area contributed by atoms with Gasteiger partial charge in [0.15, 0.2) is 0 Å². The SMILES string of the molecule is CC(C)CCc1ccccc1[N-]c1cc(C(C)(C)C)cc(C(C)(C)C)c1O.CC(C)CCc1ccccc1[N-]c1cc(C(C)(C)C)cc(C(C)(C)C)c1O.[Ni+2]. The zero-order chi connectivity index (χ0) is 40.8. The molecule has 0 saturated heterocycles. The Morgan fingerprint density at radius 2 is 0.764 bits per heavy atom. The Kier molecular flexibility index (Phi) is 16.6. The summed E-state index contributed by atoms with van der Waals surface area (Å²) in [6, 6.07) is 24.9. The van der Waals surface area contributed by atoms with Gasteiger partial charge in [-0.1, -0.05) is 206 Å². The van der Waals surface area contributed by atoms with Crippen LogP contribution in [0.25, 0.3) is 10.6 Å². The number of aryl methyl sites for hydroxylation is 2. The fraction of sp³-hybridized carbons (Fsp3) is 0.520. The number of aromatic hydroxyl groups is 2. The van der Waals surface area contributed by atoms with Gasteiger partial charge in [-0.3, -0.25) is 0 Å². The molecule has 0 aliphatic rings. The van der Waals surface area contributed by atoms with Crippen molar-refractivity contribution >= 4 is 22.7 Å². The molecule has 55 heavy (non-hydrogen) atoms. The smallest absolute Gasteiger partial charge is 0.655 e. The number of hydrogen-bond donors (Lipinski definition) is 2. The molecular formula is C50H72N2NiO2. The van der Waals surface area contributed by atoms with E-state index in [2.05, 4.69) is 159 Å². The summed E-state index contributed by atoms with van der Waals surface area (Å²) in [5.74, 6) is 1.91. The molecule has 0 spiro atoms. The topological polar surface area (TPSA) is 68.7 Å². The third-order valence-corrected chi connectivity index (χ3v) is 9.97. The van der Waals surface area contributed by atoms with Crippen molar-refractivity contribution in [2.75, 3.05) is 0 Å². The minimum atomic E-state index is -0.146. The zero-order valence-corrected chi connectivity index (χ0v) is 38.0. The summed E-state index contributed by atoms with van der Waals surface area (Å²) in [4.78, 5) is 0. The first kappa shape index (κ1) is 47.7. The molecule has 0 heterocycles. The quantitative estimate of drug-likeness (QED) is 0.157. The molecule has 0 unspecified atom stereocenters. The number of para-hydroxylation sites is 2. The van der Waals surface area contributed by atoms with E-state index in [1.807, 2.05) is 24.3 Å². The van der Waals surface area contributed by atoms with Crippen LogP contribution in [0.1, 0.15) is 157 Å². The Hall–Kier alpha value is -3.43. The van der Waals surface area contributed by atoms with Gasteiger partial charge in [0.2, 0.25) is 0 Å². The van der Waals surface area contributed by atoms with Crippen LogP contribution in [0.5, 0.6) is 11.5 Å². The van der Waals surface area contributed by atoms with Crippen LogP contribution in [0.15, 0.2) is 72.8 Å². The van der Waals surface area contributed by atoms with Crippen molar-refractivity contribution in [2.45, 2.75) is 158 Å². The van der Waals surface area contributed by atoms with Gasteiger partial charge in [0, 0.05) is 0 Å². The predicted octanol–water partition coefficient (Wildman–Crippen LogP) is 15.8. The summed E-state index contributed by atoms with van der Waals surface area (Å²) in [5, 5.41) is 31.8. The minimum absolute atomic E-state index is 0. The fourth-order valence-corrected chi connectivity index (χ4v) is 6.23. The largest absolute Gasteiger partial charge is 2.00 e. The van der Waals surface area contributed by atoms with E-state index >= 15 is 0 Å². The van der Waals surface area contributed by atoms with Crippen LogP contribution >= 0.6 is 0 Å². The maximum absolute atomic E-state index is 11.0. The van der Waals surface area contributed by atoms with E-state index in [9.17, 15) is 10.2 Å². The molecular weight excluding hydrogens is 719 g/mol. The third-order valence-electron chi connectivity index (χ3n) is 9.97. The van der Waals surface area contributed by atoms with Crippen LogP contribution < -0.4 is 0 Å². The van der Waals surface area contributed by atoms with Gasteiger partial charge in [0.1, 0.15) is 11.5 Å². The number of rotatable bonds is 10. The molecule has 2 N–H and O–H groups in total. The van der Waals surface area contributed by atoms with E-state index in [1.54, 1.807) is 0 Å². The van der Waals surface area contributed by atoms with Crippen molar-refractivity contribution in [2.24, 2.45) is 11.8 Å². The minimum Gasteiger partial charge on any atom is -0.655 e. The van der Waals surface area contributed by atoms with Crippen LogP contribution in [0, 0.1) is 11.8 Å². The number of hydrogen-bond acceptors (Lipinski definition) is 2. The van der Waals surface area contributed by atoms with Gasteiger partial charge >= 0.3 is 16.5 Å². The Morgan fingerprint density at radius 3 is 1.04 bits per heavy atom. The Balaban J connectivity index is 0.000000373. The fourth-order valence-electron chi connectivity index (χ4n) is 6.23. The van der Waals surface area contributed by atoms with Crippen LogP contribution in [0.2, 0.25) is 0 Å². The molecule has 4 nitrogen and oxygen atoms in total. The summed E-state index contributed by atoms with van der Waals surface area (Å²) in [5.41, 5.74) is 9.73. The van der Waals surface area contributed by atoms with E-state index in [0.717, 1.165) is 48.2 Å². The first-order valence-corrected chi connectivity index (χ1v) is 20.1. The summed E-state index contributed by atoms with van der Waals surface area (Å²) in [6.45, 7) is 35.0. The molecule has 304 valence electrons. The summed E-state index contributed by atoms with van der Waals surface area (Å²) >= 11 is 0. The van der Waals surface area contributed by atoms with Crippen molar-refractivity contribution in [3.63, 3.8) is 0 Å². The normalized spacial score (nSPS) is 12.3. The van der Waals surface area contributed by atoms with Crippen molar-refractivity contribution in [1.82, 2.24) is 0 Å². The molecule has 0 fully saturated rings. The van der Waals surface area contributed by atoms with Crippen LogP contribution in [-0.2, 0) is 51.0 Å². The second kappa shape index (κ2) is 19.1. The maximum atomic E-state index is 11.0. The van der Waals surface area contributed by atoms with Crippen LogP contribution in [0.3, 0.4) is 0 Å². The average Bonchev–Trinajstić information content (AvgIpc) is 3.03. The summed E-state index contributed by atoms with van der Waals surface area (Å²) < 4.78 is 0. The van der Waals surface area contributed by atoms with Gasteiger partial charge in [0.25, 0.3) is 0 Å². The van der Waals surface area contributed by atoms with E-state index in [-0.39, 0.29) is 38.2 Å². The Morgan fingerprint density at radius 1 is 0.455 bits per heavy atom. The molecule has 0 radical (unpaired) electrons. The number of nitrogens with zero attached hydrogens (tertiary/aromatic N) is 2. The van der Waals surface area contributed by atoms with Gasteiger partial charge in [-0.2, -0.15) is 0 Å². The molecule has 0 aromatic heterocycles. The molecule has 0 bridgehead atoms. The molecule has 4 rings (SSSR count). The number of phenolic OH excluding ortho intramolecular Hbond substituents is 2. The molecule has 0 atom stereocenters. The average molecular weight is 792 g/mol. The molecule has 4 aromatic rings.